The van der Waals surface area contributed by atoms with Gasteiger partial charge in [-0.2, -0.15) is 4.98 Å². The van der Waals surface area contributed by atoms with Crippen LogP contribution in [0.3, 0.4) is 0 Å². The molecule has 27 heavy (non-hydrogen) atoms. The number of nitrogens with one attached hydrogen (secondary N) is 3. The highest BCUT2D eigenvalue weighted by Gasteiger charge is 2.41. The fourth-order valence-corrected chi connectivity index (χ4v) is 5.00. The number of hydrogen-bond acceptors (Lipinski definition) is 3. The Morgan fingerprint density at radius 1 is 1.19 bits per heavy atom. The third-order valence-electron chi connectivity index (χ3n) is 6.70. The molecule has 5 nitrogen and oxygen atoms in total. The van der Waals surface area contributed by atoms with E-state index in [9.17, 15) is 0 Å². The molecule has 4 aliphatic rings. The van der Waals surface area contributed by atoms with Crippen molar-refractivity contribution in [3.8, 4) is 0 Å². The Morgan fingerprint density at radius 2 is 1.93 bits per heavy atom. The molecule has 0 amide bonds. The molecule has 0 aromatic carbocycles. The van der Waals surface area contributed by atoms with Gasteiger partial charge in [-0.15, -0.1) is 0 Å². The smallest absolute Gasteiger partial charge is 0.303 e. The number of hydrogen-bond donors (Lipinski definition) is 2. The average molecular weight is 368 g/mol. The van der Waals surface area contributed by atoms with Crippen LogP contribution in [0, 0.1) is 5.41 Å². The van der Waals surface area contributed by atoms with Gasteiger partial charge in [0, 0.05) is 11.0 Å². The van der Waals surface area contributed by atoms with E-state index in [0.717, 1.165) is 37.3 Å². The zero-order valence-electron chi connectivity index (χ0n) is 16.5. The maximum Gasteiger partial charge on any atom is 0.439 e. The number of allylic oxidation sites excluding steroid dienone is 5. The van der Waals surface area contributed by atoms with E-state index < -0.39 is 0 Å². The van der Waals surface area contributed by atoms with Gasteiger partial charge in [-0.1, -0.05) is 24.8 Å². The van der Waals surface area contributed by atoms with Crippen LogP contribution in [-0.2, 0) is 6.42 Å². The summed E-state index contributed by atoms with van der Waals surface area (Å²) in [6, 6.07) is 0. The van der Waals surface area contributed by atoms with Crippen LogP contribution >= 0.6 is 0 Å². The van der Waals surface area contributed by atoms with Crippen molar-refractivity contribution >= 4 is 17.3 Å². The van der Waals surface area contributed by atoms with Crippen LogP contribution < -0.4 is 21.0 Å². The lowest BCUT2D eigenvalue weighted by Crippen LogP contribution is -2.51. The van der Waals surface area contributed by atoms with Crippen LogP contribution in [0.15, 0.2) is 30.4 Å². The molecule has 0 saturated carbocycles. The van der Waals surface area contributed by atoms with E-state index in [1.807, 2.05) is 6.08 Å². The normalized spacial score (nSPS) is 27.5. The monoisotopic (exact) mass is 367 g/mol. The summed E-state index contributed by atoms with van der Waals surface area (Å²) in [4.78, 5) is 9.35. The summed E-state index contributed by atoms with van der Waals surface area (Å²) in [5, 5.41) is 3.77. The van der Waals surface area contributed by atoms with Gasteiger partial charge >= 0.3 is 5.95 Å². The van der Waals surface area contributed by atoms with Crippen molar-refractivity contribution < 1.29 is 9.97 Å². The minimum atomic E-state index is 0.446. The number of nitrogens with two attached hydrogens (primary N) is 1. The molecular formula is C22H33N5+2. The van der Waals surface area contributed by atoms with Gasteiger partial charge in [0.1, 0.15) is 5.69 Å². The van der Waals surface area contributed by atoms with Crippen molar-refractivity contribution in [3.63, 3.8) is 0 Å². The Hall–Kier alpha value is -2.14. The zero-order chi connectivity index (χ0) is 18.9. The topological polar surface area (TPSA) is 69.6 Å². The van der Waals surface area contributed by atoms with E-state index in [0.29, 0.717) is 11.4 Å². The minimum absolute atomic E-state index is 0.446. The highest BCUT2D eigenvalue weighted by molar-refractivity contribution is 5.78. The molecule has 1 aromatic rings. The molecule has 1 aliphatic carbocycles. The van der Waals surface area contributed by atoms with Crippen LogP contribution in [0.25, 0.3) is 5.57 Å². The van der Waals surface area contributed by atoms with E-state index in [1.165, 1.54) is 55.6 Å². The van der Waals surface area contributed by atoms with Crippen LogP contribution in [0.5, 0.6) is 0 Å². The van der Waals surface area contributed by atoms with Crippen molar-refractivity contribution in [1.82, 2.24) is 4.90 Å². The van der Waals surface area contributed by atoms with Crippen LogP contribution in [0.4, 0.5) is 11.8 Å². The molecule has 1 aromatic heterocycles. The maximum absolute atomic E-state index is 6.22. The second-order valence-corrected chi connectivity index (χ2v) is 8.33. The number of aromatic amines is 2. The van der Waals surface area contributed by atoms with Gasteiger partial charge in [0.25, 0.3) is 5.82 Å². The quantitative estimate of drug-likeness (QED) is 0.840. The zero-order valence-corrected chi connectivity index (χ0v) is 16.5. The van der Waals surface area contributed by atoms with Crippen molar-refractivity contribution in [3.05, 3.63) is 41.6 Å². The lowest BCUT2D eigenvalue weighted by Gasteiger charge is -2.47. The fraction of sp³-hybridized carbons (Fsp3) is 0.545. The Bertz CT molecular complexity index is 770. The molecule has 144 valence electrons. The summed E-state index contributed by atoms with van der Waals surface area (Å²) >= 11 is 0. The SMILES string of the molecule is C=CC1=C(/C=C\C)CCCc2c(NCC34CCN(CC3)CC4)[nH+]c(N)[nH+]c21. The molecule has 2 bridgehead atoms. The Morgan fingerprint density at radius 3 is 2.59 bits per heavy atom. The summed E-state index contributed by atoms with van der Waals surface area (Å²) in [7, 11) is 0. The Labute approximate surface area is 162 Å². The summed E-state index contributed by atoms with van der Waals surface area (Å²) in [6.07, 6.45) is 13.4. The first-order valence-corrected chi connectivity index (χ1v) is 10.4. The van der Waals surface area contributed by atoms with Gasteiger partial charge in [0.05, 0.1) is 12.1 Å². The standard InChI is InChI=1S/C22H31N5/c1-3-6-16-7-5-8-18-19(17(16)4-2)25-21(23)26-20(18)24-15-22-9-12-27(13-10-22)14-11-22/h3-4,6H,2,5,7-15H2,1H3,(H3,23,24,25,26)/p+2/b6-3-. The summed E-state index contributed by atoms with van der Waals surface area (Å²) in [5.74, 6) is 1.68. The molecule has 3 fully saturated rings. The predicted octanol–water partition coefficient (Wildman–Crippen LogP) is 2.65. The van der Waals surface area contributed by atoms with Gasteiger partial charge in [-0.05, 0) is 70.7 Å². The minimum Gasteiger partial charge on any atom is -0.303 e. The number of H-pyrrole nitrogens is 2. The number of rotatable bonds is 5. The number of anilines is 2. The second-order valence-electron chi connectivity index (χ2n) is 8.33. The Kier molecular flexibility index (Phi) is 5.04. The van der Waals surface area contributed by atoms with Crippen LogP contribution in [0.2, 0.25) is 0 Å². The van der Waals surface area contributed by atoms with Crippen molar-refractivity contribution in [2.24, 2.45) is 5.41 Å². The number of fused-ring (bicyclic) bond motifs is 4. The van der Waals surface area contributed by atoms with Gasteiger partial charge in [0.15, 0.2) is 0 Å². The second kappa shape index (κ2) is 7.47. The highest BCUT2D eigenvalue weighted by atomic mass is 15.2. The van der Waals surface area contributed by atoms with Gasteiger partial charge < -0.3 is 4.90 Å². The number of nitrogens with zero attached hydrogens (tertiary/aromatic N) is 1. The van der Waals surface area contributed by atoms with Crippen molar-refractivity contribution in [2.45, 2.75) is 45.4 Å². The molecule has 5 rings (SSSR count). The fourth-order valence-electron chi connectivity index (χ4n) is 5.00. The molecule has 3 aliphatic heterocycles. The average Bonchev–Trinajstić information content (AvgIpc) is 2.86. The van der Waals surface area contributed by atoms with Gasteiger partial charge in [0.2, 0.25) is 0 Å². The third kappa shape index (κ3) is 3.53. The van der Waals surface area contributed by atoms with E-state index >= 15 is 0 Å². The molecule has 5 N–H and O–H groups in total. The number of piperidine rings is 3. The molecule has 0 spiro atoms. The van der Waals surface area contributed by atoms with E-state index in [-0.39, 0.29) is 0 Å². The first-order chi connectivity index (χ1) is 13.1. The maximum atomic E-state index is 6.22. The number of nitrogen functional groups attached to an aromatic ring is 1. The molecule has 0 radical (unpaired) electrons. The van der Waals surface area contributed by atoms with Crippen LogP contribution in [0.1, 0.15) is 50.3 Å². The molecule has 0 unspecified atom stereocenters. The lowest BCUT2D eigenvalue weighted by molar-refractivity contribution is -0.496. The Balaban J connectivity index is 1.66. The first kappa shape index (κ1) is 18.2. The first-order valence-electron chi connectivity index (χ1n) is 10.4. The van der Waals surface area contributed by atoms with E-state index in [1.54, 1.807) is 0 Å². The molecule has 5 heteroatoms. The van der Waals surface area contributed by atoms with Gasteiger partial charge in [-0.25, -0.2) is 4.98 Å². The molecule has 0 atom stereocenters. The summed E-state index contributed by atoms with van der Waals surface area (Å²) in [5.41, 5.74) is 11.6. The number of aromatic nitrogens is 2. The molecular weight excluding hydrogens is 334 g/mol. The lowest BCUT2D eigenvalue weighted by atomic mass is 9.72. The summed E-state index contributed by atoms with van der Waals surface area (Å²) < 4.78 is 0. The molecule has 3 saturated heterocycles. The third-order valence-corrected chi connectivity index (χ3v) is 6.70. The molecule has 4 heterocycles. The van der Waals surface area contributed by atoms with E-state index in [2.05, 4.69) is 45.8 Å². The van der Waals surface area contributed by atoms with Crippen LogP contribution in [-0.4, -0.2) is 31.1 Å². The van der Waals surface area contributed by atoms with Crippen molar-refractivity contribution in [2.75, 3.05) is 37.2 Å². The van der Waals surface area contributed by atoms with Crippen molar-refractivity contribution in [1.29, 1.82) is 0 Å². The predicted molar refractivity (Wildman–Crippen MR) is 110 cm³/mol. The van der Waals surface area contributed by atoms with Gasteiger partial charge in [-0.3, -0.25) is 11.1 Å². The highest BCUT2D eigenvalue weighted by Crippen LogP contribution is 2.40. The van der Waals surface area contributed by atoms with E-state index in [4.69, 9.17) is 5.73 Å². The summed E-state index contributed by atoms with van der Waals surface area (Å²) in [6.45, 7) is 10.9. The largest absolute Gasteiger partial charge is 0.439 e.